The van der Waals surface area contributed by atoms with Gasteiger partial charge in [0.1, 0.15) is 0 Å². The van der Waals surface area contributed by atoms with E-state index in [1.165, 1.54) is 5.56 Å². The summed E-state index contributed by atoms with van der Waals surface area (Å²) in [5.74, 6) is 0.382. The van der Waals surface area contributed by atoms with E-state index in [2.05, 4.69) is 43.4 Å². The fourth-order valence-corrected chi connectivity index (χ4v) is 1.77. The van der Waals surface area contributed by atoms with Gasteiger partial charge in [-0.3, -0.25) is 4.79 Å². The van der Waals surface area contributed by atoms with Crippen molar-refractivity contribution in [2.45, 2.75) is 46.1 Å². The Morgan fingerprint density at radius 1 is 1.22 bits per heavy atom. The fraction of sp³-hybridized carbons (Fsp3) is 0.533. The normalized spacial score (nSPS) is 12.3. The van der Waals surface area contributed by atoms with Gasteiger partial charge < -0.3 is 10.1 Å². The zero-order valence-corrected chi connectivity index (χ0v) is 11.7. The second-order valence-corrected chi connectivity index (χ2v) is 4.83. The zero-order valence-electron chi connectivity index (χ0n) is 11.7. The van der Waals surface area contributed by atoms with Gasteiger partial charge in [-0.2, -0.15) is 0 Å². The number of carbonyl (C=O) groups excluding carboxylic acids is 1. The summed E-state index contributed by atoms with van der Waals surface area (Å²) in [5.41, 5.74) is 2.36. The molecule has 0 heterocycles. The molecule has 0 radical (unpaired) electrons. The number of carbonyl (C=O) groups is 1. The Bertz CT molecular complexity index is 371. The molecule has 0 bridgehead atoms. The van der Waals surface area contributed by atoms with Crippen LogP contribution in [0.15, 0.2) is 24.3 Å². The molecule has 18 heavy (non-hydrogen) atoms. The number of esters is 1. The van der Waals surface area contributed by atoms with Crippen LogP contribution in [-0.4, -0.2) is 18.6 Å². The monoisotopic (exact) mass is 249 g/mol. The van der Waals surface area contributed by atoms with Crippen LogP contribution < -0.4 is 5.32 Å². The van der Waals surface area contributed by atoms with Gasteiger partial charge in [-0.1, -0.05) is 26.0 Å². The highest BCUT2D eigenvalue weighted by Crippen LogP contribution is 2.18. The van der Waals surface area contributed by atoms with Crippen molar-refractivity contribution in [1.29, 1.82) is 0 Å². The SMILES string of the molecule is CCOC(=O)CC(C)Nc1ccc(C(C)C)cc1. The minimum atomic E-state index is -0.156. The highest BCUT2D eigenvalue weighted by Gasteiger charge is 2.09. The molecule has 0 fully saturated rings. The summed E-state index contributed by atoms with van der Waals surface area (Å²) in [6, 6.07) is 8.41. The van der Waals surface area contributed by atoms with Crippen LogP contribution in [-0.2, 0) is 9.53 Å². The fourth-order valence-electron chi connectivity index (χ4n) is 1.77. The Morgan fingerprint density at radius 2 is 1.83 bits per heavy atom. The Morgan fingerprint density at radius 3 is 2.33 bits per heavy atom. The highest BCUT2D eigenvalue weighted by atomic mass is 16.5. The van der Waals surface area contributed by atoms with Crippen molar-refractivity contribution in [2.75, 3.05) is 11.9 Å². The minimum Gasteiger partial charge on any atom is -0.466 e. The predicted molar refractivity (Wildman–Crippen MR) is 74.9 cm³/mol. The predicted octanol–water partition coefficient (Wildman–Crippen LogP) is 3.56. The van der Waals surface area contributed by atoms with E-state index in [0.29, 0.717) is 18.9 Å². The van der Waals surface area contributed by atoms with Crippen molar-refractivity contribution in [1.82, 2.24) is 0 Å². The lowest BCUT2D eigenvalue weighted by atomic mass is 10.0. The second kappa shape index (κ2) is 7.04. The van der Waals surface area contributed by atoms with E-state index in [4.69, 9.17) is 4.74 Å². The van der Waals surface area contributed by atoms with Crippen LogP contribution in [0, 0.1) is 0 Å². The van der Waals surface area contributed by atoms with E-state index in [9.17, 15) is 4.79 Å². The van der Waals surface area contributed by atoms with Gasteiger partial charge >= 0.3 is 5.97 Å². The van der Waals surface area contributed by atoms with Crippen LogP contribution in [0.2, 0.25) is 0 Å². The Hall–Kier alpha value is -1.51. The molecule has 1 rings (SSSR count). The smallest absolute Gasteiger partial charge is 0.307 e. The van der Waals surface area contributed by atoms with Gasteiger partial charge in [0.15, 0.2) is 0 Å². The van der Waals surface area contributed by atoms with Crippen molar-refractivity contribution in [2.24, 2.45) is 0 Å². The van der Waals surface area contributed by atoms with Gasteiger partial charge in [-0.25, -0.2) is 0 Å². The van der Waals surface area contributed by atoms with E-state index in [1.54, 1.807) is 0 Å². The minimum absolute atomic E-state index is 0.0777. The zero-order chi connectivity index (χ0) is 13.5. The van der Waals surface area contributed by atoms with Crippen LogP contribution in [0.4, 0.5) is 5.69 Å². The number of benzene rings is 1. The van der Waals surface area contributed by atoms with Gasteiger partial charge in [0.25, 0.3) is 0 Å². The van der Waals surface area contributed by atoms with Gasteiger partial charge in [-0.15, -0.1) is 0 Å². The molecule has 0 spiro atoms. The van der Waals surface area contributed by atoms with Crippen molar-refractivity contribution >= 4 is 11.7 Å². The molecule has 0 aliphatic heterocycles. The summed E-state index contributed by atoms with van der Waals surface area (Å²) in [6.45, 7) is 8.58. The molecule has 0 saturated carbocycles. The molecule has 0 saturated heterocycles. The maximum absolute atomic E-state index is 11.3. The first-order valence-corrected chi connectivity index (χ1v) is 6.55. The van der Waals surface area contributed by atoms with Crippen molar-refractivity contribution in [3.8, 4) is 0 Å². The summed E-state index contributed by atoms with van der Waals surface area (Å²) in [5, 5.41) is 3.30. The number of hydrogen-bond acceptors (Lipinski definition) is 3. The average molecular weight is 249 g/mol. The van der Waals surface area contributed by atoms with Crippen LogP contribution >= 0.6 is 0 Å². The van der Waals surface area contributed by atoms with Gasteiger partial charge in [0.2, 0.25) is 0 Å². The molecule has 1 aromatic rings. The third kappa shape index (κ3) is 4.78. The number of rotatable bonds is 6. The molecule has 3 heteroatoms. The number of anilines is 1. The topological polar surface area (TPSA) is 38.3 Å². The Kier molecular flexibility index (Phi) is 5.69. The highest BCUT2D eigenvalue weighted by molar-refractivity contribution is 5.70. The summed E-state index contributed by atoms with van der Waals surface area (Å²) < 4.78 is 4.92. The molecule has 0 aliphatic carbocycles. The molecule has 1 unspecified atom stereocenters. The first-order valence-electron chi connectivity index (χ1n) is 6.55. The third-order valence-corrected chi connectivity index (χ3v) is 2.77. The number of nitrogens with one attached hydrogen (secondary N) is 1. The Balaban J connectivity index is 2.49. The van der Waals surface area contributed by atoms with E-state index < -0.39 is 0 Å². The lowest BCUT2D eigenvalue weighted by molar-refractivity contribution is -0.143. The summed E-state index contributed by atoms with van der Waals surface area (Å²) >= 11 is 0. The summed E-state index contributed by atoms with van der Waals surface area (Å²) in [6.07, 6.45) is 0.389. The largest absolute Gasteiger partial charge is 0.466 e. The van der Waals surface area contributed by atoms with Crippen LogP contribution in [0.3, 0.4) is 0 Å². The number of ether oxygens (including phenoxy) is 1. The molecule has 0 aliphatic rings. The van der Waals surface area contributed by atoms with E-state index in [-0.39, 0.29) is 12.0 Å². The first kappa shape index (κ1) is 14.6. The Labute approximate surface area is 110 Å². The molecule has 1 atom stereocenters. The lowest BCUT2D eigenvalue weighted by Gasteiger charge is -2.15. The van der Waals surface area contributed by atoms with Crippen LogP contribution in [0.5, 0.6) is 0 Å². The number of hydrogen-bond donors (Lipinski definition) is 1. The van der Waals surface area contributed by atoms with Crippen molar-refractivity contribution in [3.63, 3.8) is 0 Å². The van der Waals surface area contributed by atoms with Gasteiger partial charge in [0, 0.05) is 11.7 Å². The molecule has 0 amide bonds. The van der Waals surface area contributed by atoms with Crippen LogP contribution in [0.25, 0.3) is 0 Å². The lowest BCUT2D eigenvalue weighted by Crippen LogP contribution is -2.21. The van der Waals surface area contributed by atoms with Crippen molar-refractivity contribution < 1.29 is 9.53 Å². The summed E-state index contributed by atoms with van der Waals surface area (Å²) in [7, 11) is 0. The van der Waals surface area contributed by atoms with Crippen LogP contribution in [0.1, 0.15) is 45.6 Å². The van der Waals surface area contributed by atoms with Gasteiger partial charge in [0.05, 0.1) is 13.0 Å². The maximum Gasteiger partial charge on any atom is 0.307 e. The maximum atomic E-state index is 11.3. The molecule has 1 aromatic carbocycles. The molecular formula is C15H23NO2. The molecule has 100 valence electrons. The van der Waals surface area contributed by atoms with E-state index in [1.807, 2.05) is 13.8 Å². The van der Waals surface area contributed by atoms with Crippen molar-refractivity contribution in [3.05, 3.63) is 29.8 Å². The standard InChI is InChI=1S/C15H23NO2/c1-5-18-15(17)10-12(4)16-14-8-6-13(7-9-14)11(2)3/h6-9,11-12,16H,5,10H2,1-4H3. The summed E-state index contributed by atoms with van der Waals surface area (Å²) in [4.78, 5) is 11.3. The average Bonchev–Trinajstić information content (AvgIpc) is 2.29. The second-order valence-electron chi connectivity index (χ2n) is 4.83. The van der Waals surface area contributed by atoms with E-state index >= 15 is 0 Å². The quantitative estimate of drug-likeness (QED) is 0.783. The molecule has 3 nitrogen and oxygen atoms in total. The molecule has 0 aromatic heterocycles. The molecular weight excluding hydrogens is 226 g/mol. The molecule has 1 N–H and O–H groups in total. The van der Waals surface area contributed by atoms with Gasteiger partial charge in [-0.05, 0) is 37.5 Å². The first-order chi connectivity index (χ1) is 8.52. The third-order valence-electron chi connectivity index (χ3n) is 2.77. The van der Waals surface area contributed by atoms with E-state index in [0.717, 1.165) is 5.69 Å².